The molecule has 2 heterocycles. The van der Waals surface area contributed by atoms with Crippen molar-refractivity contribution in [3.05, 3.63) is 47.7 Å². The SMILES string of the molecule is Cc1cc(NC(=O)NC[C@H](c2ccccc2)N2CCCC2)no1. The maximum atomic E-state index is 12.0. The van der Waals surface area contributed by atoms with Gasteiger partial charge in [-0.25, -0.2) is 4.79 Å². The van der Waals surface area contributed by atoms with Crippen molar-refractivity contribution < 1.29 is 9.32 Å². The maximum absolute atomic E-state index is 12.0. The molecule has 2 aromatic rings. The largest absolute Gasteiger partial charge is 0.360 e. The molecule has 1 aromatic carbocycles. The highest BCUT2D eigenvalue weighted by Gasteiger charge is 2.23. The lowest BCUT2D eigenvalue weighted by Crippen LogP contribution is -2.38. The van der Waals surface area contributed by atoms with E-state index in [1.54, 1.807) is 13.0 Å². The molecule has 2 amide bonds. The van der Waals surface area contributed by atoms with Gasteiger partial charge in [-0.15, -0.1) is 0 Å². The molecule has 6 heteroatoms. The van der Waals surface area contributed by atoms with Gasteiger partial charge < -0.3 is 9.84 Å². The van der Waals surface area contributed by atoms with Crippen LogP contribution in [0.25, 0.3) is 0 Å². The zero-order valence-electron chi connectivity index (χ0n) is 13.3. The second-order valence-corrected chi connectivity index (χ2v) is 5.83. The molecule has 0 aliphatic carbocycles. The van der Waals surface area contributed by atoms with E-state index in [9.17, 15) is 4.79 Å². The van der Waals surface area contributed by atoms with Crippen molar-refractivity contribution in [1.29, 1.82) is 0 Å². The normalized spacial score (nSPS) is 16.2. The Morgan fingerprint density at radius 2 is 2.04 bits per heavy atom. The third kappa shape index (κ3) is 4.10. The van der Waals surface area contributed by atoms with Crippen LogP contribution in [0.5, 0.6) is 0 Å². The number of anilines is 1. The number of aromatic nitrogens is 1. The van der Waals surface area contributed by atoms with Crippen LogP contribution in [0.3, 0.4) is 0 Å². The first kappa shape index (κ1) is 15.6. The zero-order chi connectivity index (χ0) is 16.1. The van der Waals surface area contributed by atoms with Gasteiger partial charge in [-0.2, -0.15) is 0 Å². The first-order valence-corrected chi connectivity index (χ1v) is 7.99. The van der Waals surface area contributed by atoms with Crippen LogP contribution >= 0.6 is 0 Å². The molecule has 2 N–H and O–H groups in total. The lowest BCUT2D eigenvalue weighted by molar-refractivity contribution is 0.227. The number of nitrogens with zero attached hydrogens (tertiary/aromatic N) is 2. The van der Waals surface area contributed by atoms with Crippen LogP contribution < -0.4 is 10.6 Å². The standard InChI is InChI=1S/C17H22N4O2/c1-13-11-16(20-23-13)19-17(22)18-12-15(21-9-5-6-10-21)14-7-3-2-4-8-14/h2-4,7-8,11,15H,5-6,9-10,12H2,1H3,(H2,18,19,20,22)/t15-/m1/s1. The summed E-state index contributed by atoms with van der Waals surface area (Å²) in [6.45, 7) is 4.50. The second-order valence-electron chi connectivity index (χ2n) is 5.83. The summed E-state index contributed by atoms with van der Waals surface area (Å²) in [5.74, 6) is 1.09. The number of carbonyl (C=O) groups is 1. The Morgan fingerprint density at radius 3 is 2.70 bits per heavy atom. The average Bonchev–Trinajstić information content (AvgIpc) is 3.21. The van der Waals surface area contributed by atoms with Crippen LogP contribution in [0.4, 0.5) is 10.6 Å². The van der Waals surface area contributed by atoms with E-state index in [-0.39, 0.29) is 12.1 Å². The van der Waals surface area contributed by atoms with E-state index in [4.69, 9.17) is 4.52 Å². The van der Waals surface area contributed by atoms with Gasteiger partial charge in [0, 0.05) is 12.6 Å². The number of rotatable bonds is 5. The minimum atomic E-state index is -0.265. The molecule has 122 valence electrons. The van der Waals surface area contributed by atoms with Crippen LogP contribution in [0.1, 0.15) is 30.2 Å². The van der Waals surface area contributed by atoms with Crippen LogP contribution in [-0.2, 0) is 0 Å². The van der Waals surface area contributed by atoms with Gasteiger partial charge in [0.05, 0.1) is 6.04 Å². The molecule has 6 nitrogen and oxygen atoms in total. The number of amides is 2. The molecule has 1 aliphatic rings. The quantitative estimate of drug-likeness (QED) is 0.890. The average molecular weight is 314 g/mol. The molecule has 0 spiro atoms. The van der Waals surface area contributed by atoms with Crippen molar-refractivity contribution in [2.75, 3.05) is 25.0 Å². The molecule has 3 rings (SSSR count). The number of aryl methyl sites for hydroxylation is 1. The summed E-state index contributed by atoms with van der Waals surface area (Å²) in [6.07, 6.45) is 2.43. The summed E-state index contributed by atoms with van der Waals surface area (Å²) in [7, 11) is 0. The smallest absolute Gasteiger partial charge is 0.320 e. The summed E-state index contributed by atoms with van der Waals surface area (Å²) in [5.41, 5.74) is 1.23. The van der Waals surface area contributed by atoms with Gasteiger partial charge in [0.25, 0.3) is 0 Å². The number of carbonyl (C=O) groups excluding carboxylic acids is 1. The Hall–Kier alpha value is -2.34. The van der Waals surface area contributed by atoms with Crippen molar-refractivity contribution in [2.45, 2.75) is 25.8 Å². The second kappa shape index (κ2) is 7.28. The van der Waals surface area contributed by atoms with Crippen molar-refractivity contribution in [3.63, 3.8) is 0 Å². The minimum absolute atomic E-state index is 0.198. The monoisotopic (exact) mass is 314 g/mol. The third-order valence-electron chi connectivity index (χ3n) is 4.09. The summed E-state index contributed by atoms with van der Waals surface area (Å²) < 4.78 is 4.94. The summed E-state index contributed by atoms with van der Waals surface area (Å²) in [6, 6.07) is 11.9. The van der Waals surface area contributed by atoms with E-state index in [1.165, 1.54) is 18.4 Å². The molecule has 1 fully saturated rings. The summed E-state index contributed by atoms with van der Waals surface area (Å²) in [4.78, 5) is 14.5. The summed E-state index contributed by atoms with van der Waals surface area (Å²) in [5, 5.41) is 9.39. The number of nitrogens with one attached hydrogen (secondary N) is 2. The highest BCUT2D eigenvalue weighted by molar-refractivity contribution is 5.88. The molecule has 1 atom stereocenters. The Bertz CT molecular complexity index is 635. The van der Waals surface area contributed by atoms with Crippen LogP contribution in [-0.4, -0.2) is 35.7 Å². The van der Waals surface area contributed by atoms with Gasteiger partial charge in [0.15, 0.2) is 5.82 Å². The topological polar surface area (TPSA) is 70.4 Å². The predicted molar refractivity (Wildman–Crippen MR) is 88.3 cm³/mol. The van der Waals surface area contributed by atoms with Gasteiger partial charge in [-0.05, 0) is 38.4 Å². The molecule has 0 radical (unpaired) electrons. The highest BCUT2D eigenvalue weighted by Crippen LogP contribution is 2.24. The minimum Gasteiger partial charge on any atom is -0.360 e. The Balaban J connectivity index is 1.61. The van der Waals surface area contributed by atoms with Gasteiger partial charge in [0.1, 0.15) is 5.76 Å². The number of benzene rings is 1. The van der Waals surface area contributed by atoms with Crippen molar-refractivity contribution in [2.24, 2.45) is 0 Å². The summed E-state index contributed by atoms with van der Waals surface area (Å²) >= 11 is 0. The Kier molecular flexibility index (Phi) is 4.92. The van der Waals surface area contributed by atoms with Gasteiger partial charge in [0.2, 0.25) is 0 Å². The van der Waals surface area contributed by atoms with Crippen molar-refractivity contribution in [1.82, 2.24) is 15.4 Å². The van der Waals surface area contributed by atoms with Crippen LogP contribution in [0.15, 0.2) is 40.9 Å². The zero-order valence-corrected chi connectivity index (χ0v) is 13.3. The number of urea groups is 1. The molecule has 1 saturated heterocycles. The lowest BCUT2D eigenvalue weighted by Gasteiger charge is -2.28. The van der Waals surface area contributed by atoms with E-state index in [1.807, 2.05) is 18.2 Å². The number of likely N-dealkylation sites (tertiary alicyclic amines) is 1. The van der Waals surface area contributed by atoms with E-state index in [0.717, 1.165) is 13.1 Å². The van der Waals surface area contributed by atoms with Crippen molar-refractivity contribution >= 4 is 11.8 Å². The maximum Gasteiger partial charge on any atom is 0.320 e. The van der Waals surface area contributed by atoms with Crippen LogP contribution in [0.2, 0.25) is 0 Å². The molecule has 0 unspecified atom stereocenters. The molecule has 0 saturated carbocycles. The van der Waals surface area contributed by atoms with Gasteiger partial charge in [-0.1, -0.05) is 35.5 Å². The molecule has 23 heavy (non-hydrogen) atoms. The van der Waals surface area contributed by atoms with Crippen molar-refractivity contribution in [3.8, 4) is 0 Å². The first-order valence-electron chi connectivity index (χ1n) is 7.99. The fraction of sp³-hybridized carbons (Fsp3) is 0.412. The van der Waals surface area contributed by atoms with Gasteiger partial charge in [-0.3, -0.25) is 10.2 Å². The number of hydrogen-bond acceptors (Lipinski definition) is 4. The Labute approximate surface area is 135 Å². The fourth-order valence-electron chi connectivity index (χ4n) is 2.96. The molecule has 0 bridgehead atoms. The molecule has 1 aliphatic heterocycles. The molecule has 1 aromatic heterocycles. The molecular weight excluding hydrogens is 292 g/mol. The van der Waals surface area contributed by atoms with E-state index in [0.29, 0.717) is 18.1 Å². The van der Waals surface area contributed by atoms with E-state index >= 15 is 0 Å². The predicted octanol–water partition coefficient (Wildman–Crippen LogP) is 2.94. The van der Waals surface area contributed by atoms with Crippen LogP contribution in [0, 0.1) is 6.92 Å². The number of hydrogen-bond donors (Lipinski definition) is 2. The first-order chi connectivity index (χ1) is 11.2. The van der Waals surface area contributed by atoms with Gasteiger partial charge >= 0.3 is 6.03 Å². The fourth-order valence-corrected chi connectivity index (χ4v) is 2.96. The van der Waals surface area contributed by atoms with E-state index < -0.39 is 0 Å². The Morgan fingerprint density at radius 1 is 1.30 bits per heavy atom. The highest BCUT2D eigenvalue weighted by atomic mass is 16.5. The lowest BCUT2D eigenvalue weighted by atomic mass is 10.1. The van der Waals surface area contributed by atoms with E-state index in [2.05, 4.69) is 32.8 Å². The molecular formula is C17H22N4O2. The third-order valence-corrected chi connectivity index (χ3v) is 4.09.